The zero-order chi connectivity index (χ0) is 16.7. The van der Waals surface area contributed by atoms with Crippen LogP contribution in [0.2, 0.25) is 0 Å². The Bertz CT molecular complexity index is 555. The monoisotopic (exact) mass is 401 g/mol. The van der Waals surface area contributed by atoms with Gasteiger partial charge in [-0.15, -0.1) is 17.0 Å². The number of nitrogens with two attached hydrogens (primary N) is 1. The number of hydrogen-bond donors (Lipinski definition) is 2. The Labute approximate surface area is 154 Å². The number of hydrogen-bond acceptors (Lipinski definition) is 5. The van der Waals surface area contributed by atoms with E-state index >= 15 is 0 Å². The number of benzene rings is 1. The van der Waals surface area contributed by atoms with Crippen molar-refractivity contribution in [1.82, 2.24) is 4.41 Å². The standard InChI is InChI=1S/C17H27N3OS.BrH/c1-16(2,3)12-7-11(14-9-22-20(18)10-19-14)8-13(15(12)21)17(4,5)6;/h7-8,10,14,21H,9,18H2,1-6H3;1H. The van der Waals surface area contributed by atoms with Gasteiger partial charge in [-0.05, 0) is 51.6 Å². The van der Waals surface area contributed by atoms with E-state index in [1.807, 2.05) is 0 Å². The number of phenols is 1. The van der Waals surface area contributed by atoms with Gasteiger partial charge in [-0.25, -0.2) is 10.3 Å². The molecule has 0 saturated carbocycles. The van der Waals surface area contributed by atoms with Gasteiger partial charge in [-0.1, -0.05) is 41.5 Å². The van der Waals surface area contributed by atoms with Gasteiger partial charge in [0.1, 0.15) is 12.1 Å². The fourth-order valence-corrected chi connectivity index (χ4v) is 3.27. The minimum absolute atomic E-state index is 0. The summed E-state index contributed by atoms with van der Waals surface area (Å²) >= 11 is 1.55. The Morgan fingerprint density at radius 3 is 1.96 bits per heavy atom. The molecule has 0 saturated heterocycles. The molecule has 0 aromatic heterocycles. The highest BCUT2D eigenvalue weighted by atomic mass is 79.9. The van der Waals surface area contributed by atoms with Crippen molar-refractivity contribution in [3.63, 3.8) is 0 Å². The Morgan fingerprint density at radius 2 is 1.61 bits per heavy atom. The molecule has 0 radical (unpaired) electrons. The molecule has 1 aromatic rings. The highest BCUT2D eigenvalue weighted by Crippen LogP contribution is 2.42. The average molecular weight is 402 g/mol. The lowest BCUT2D eigenvalue weighted by Gasteiger charge is -2.30. The maximum atomic E-state index is 10.8. The first kappa shape index (κ1) is 20.3. The smallest absolute Gasteiger partial charge is 0.123 e. The van der Waals surface area contributed by atoms with E-state index in [9.17, 15) is 5.11 Å². The molecule has 1 atom stereocenters. The maximum Gasteiger partial charge on any atom is 0.123 e. The lowest BCUT2D eigenvalue weighted by atomic mass is 9.78. The first-order valence-electron chi connectivity index (χ1n) is 7.58. The summed E-state index contributed by atoms with van der Waals surface area (Å²) in [6.45, 7) is 12.7. The summed E-state index contributed by atoms with van der Waals surface area (Å²) in [5.41, 5.74) is 2.86. The van der Waals surface area contributed by atoms with E-state index in [1.54, 1.807) is 18.3 Å². The van der Waals surface area contributed by atoms with Crippen LogP contribution in [0.25, 0.3) is 0 Å². The van der Waals surface area contributed by atoms with E-state index in [0.717, 1.165) is 22.4 Å². The zero-order valence-electron chi connectivity index (χ0n) is 14.8. The summed E-state index contributed by atoms with van der Waals surface area (Å²) in [7, 11) is 0. The largest absolute Gasteiger partial charge is 0.507 e. The topological polar surface area (TPSA) is 61.8 Å². The summed E-state index contributed by atoms with van der Waals surface area (Å²) < 4.78 is 1.53. The first-order valence-corrected chi connectivity index (χ1v) is 8.52. The molecule has 1 unspecified atom stereocenters. The third-order valence-corrected chi connectivity index (χ3v) is 4.73. The van der Waals surface area contributed by atoms with Crippen LogP contribution in [0.3, 0.4) is 0 Å². The minimum Gasteiger partial charge on any atom is -0.507 e. The van der Waals surface area contributed by atoms with E-state index in [-0.39, 0.29) is 33.9 Å². The number of aliphatic imine (C=N–C) groups is 1. The third-order valence-electron chi connectivity index (χ3n) is 3.87. The molecule has 0 aliphatic carbocycles. The van der Waals surface area contributed by atoms with Crippen molar-refractivity contribution in [2.24, 2.45) is 10.8 Å². The molecule has 0 fully saturated rings. The van der Waals surface area contributed by atoms with Crippen molar-refractivity contribution in [3.8, 4) is 5.75 Å². The first-order chi connectivity index (χ1) is 10.00. The molecule has 1 aromatic carbocycles. The Kier molecular flexibility index (Phi) is 6.21. The van der Waals surface area contributed by atoms with Gasteiger partial charge in [0.2, 0.25) is 0 Å². The minimum atomic E-state index is -0.120. The Morgan fingerprint density at radius 1 is 1.13 bits per heavy atom. The number of hydrazine groups is 1. The van der Waals surface area contributed by atoms with E-state index in [1.165, 1.54) is 4.41 Å². The molecular formula is C17H28BrN3OS. The number of phenolic OH excluding ortho intramolecular Hbond substituents is 1. The molecule has 6 heteroatoms. The fourth-order valence-electron chi connectivity index (χ4n) is 2.55. The SMILES string of the molecule is Br.CC(C)(C)c1cc(C2CSN(N)C=N2)cc(C(C)(C)C)c1O. The molecule has 1 aliphatic heterocycles. The van der Waals surface area contributed by atoms with E-state index < -0.39 is 0 Å². The molecular weight excluding hydrogens is 374 g/mol. The summed E-state index contributed by atoms with van der Waals surface area (Å²) in [4.78, 5) is 4.53. The summed E-state index contributed by atoms with van der Waals surface area (Å²) in [5.74, 6) is 6.93. The predicted octanol–water partition coefficient (Wildman–Crippen LogP) is 4.47. The van der Waals surface area contributed by atoms with E-state index in [0.29, 0.717) is 5.75 Å². The van der Waals surface area contributed by atoms with Crippen LogP contribution in [0.5, 0.6) is 5.75 Å². The van der Waals surface area contributed by atoms with E-state index in [4.69, 9.17) is 5.84 Å². The average Bonchev–Trinajstić information content (AvgIpc) is 2.37. The zero-order valence-corrected chi connectivity index (χ0v) is 17.3. The van der Waals surface area contributed by atoms with Crippen molar-refractivity contribution >= 4 is 35.3 Å². The van der Waals surface area contributed by atoms with Gasteiger partial charge >= 0.3 is 0 Å². The quantitative estimate of drug-likeness (QED) is 0.537. The molecule has 1 heterocycles. The summed E-state index contributed by atoms with van der Waals surface area (Å²) in [5, 5.41) is 10.8. The number of aromatic hydroxyl groups is 1. The van der Waals surface area contributed by atoms with Gasteiger partial charge in [0.15, 0.2) is 0 Å². The normalized spacial score (nSPS) is 18.7. The number of rotatable bonds is 1. The van der Waals surface area contributed by atoms with Crippen molar-refractivity contribution < 1.29 is 5.11 Å². The predicted molar refractivity (Wildman–Crippen MR) is 106 cm³/mol. The van der Waals surface area contributed by atoms with Crippen molar-refractivity contribution in [2.45, 2.75) is 58.4 Å². The van der Waals surface area contributed by atoms with Crippen LogP contribution in [0.15, 0.2) is 17.1 Å². The van der Waals surface area contributed by atoms with Gasteiger partial charge in [0.05, 0.1) is 6.04 Å². The molecule has 0 amide bonds. The lowest BCUT2D eigenvalue weighted by molar-refractivity contribution is 0.422. The summed E-state index contributed by atoms with van der Waals surface area (Å²) in [6.07, 6.45) is 1.67. The number of nitrogens with zero attached hydrogens (tertiary/aromatic N) is 2. The van der Waals surface area contributed by atoms with Crippen LogP contribution in [-0.2, 0) is 10.8 Å². The van der Waals surface area contributed by atoms with Crippen molar-refractivity contribution in [3.05, 3.63) is 28.8 Å². The second-order valence-electron chi connectivity index (χ2n) is 7.90. The van der Waals surface area contributed by atoms with Gasteiger partial charge in [0.25, 0.3) is 0 Å². The van der Waals surface area contributed by atoms with Gasteiger partial charge < -0.3 is 5.11 Å². The van der Waals surface area contributed by atoms with Crippen LogP contribution >= 0.6 is 28.9 Å². The van der Waals surface area contributed by atoms with Crippen LogP contribution < -0.4 is 5.84 Å². The number of halogens is 1. The molecule has 3 N–H and O–H groups in total. The third kappa shape index (κ3) is 4.64. The highest BCUT2D eigenvalue weighted by molar-refractivity contribution is 8.93. The highest BCUT2D eigenvalue weighted by Gasteiger charge is 2.28. The molecule has 0 bridgehead atoms. The maximum absolute atomic E-state index is 10.8. The van der Waals surface area contributed by atoms with Gasteiger partial charge in [-0.2, -0.15) is 0 Å². The van der Waals surface area contributed by atoms with Crippen LogP contribution in [0.1, 0.15) is 64.3 Å². The van der Waals surface area contributed by atoms with Crippen LogP contribution in [0.4, 0.5) is 0 Å². The Balaban J connectivity index is 0.00000264. The molecule has 130 valence electrons. The lowest BCUT2D eigenvalue weighted by Crippen LogP contribution is -2.27. The fraction of sp³-hybridized carbons (Fsp3) is 0.588. The summed E-state index contributed by atoms with van der Waals surface area (Å²) in [6, 6.07) is 4.27. The molecule has 23 heavy (non-hydrogen) atoms. The van der Waals surface area contributed by atoms with Crippen molar-refractivity contribution in [1.29, 1.82) is 0 Å². The van der Waals surface area contributed by atoms with E-state index in [2.05, 4.69) is 58.7 Å². The van der Waals surface area contributed by atoms with Gasteiger partial charge in [-0.3, -0.25) is 4.99 Å². The second-order valence-corrected chi connectivity index (χ2v) is 8.91. The Hall–Kier alpha value is -0.720. The second kappa shape index (κ2) is 7.03. The van der Waals surface area contributed by atoms with Crippen molar-refractivity contribution in [2.75, 3.05) is 5.75 Å². The van der Waals surface area contributed by atoms with Crippen LogP contribution in [-0.4, -0.2) is 21.6 Å². The van der Waals surface area contributed by atoms with Crippen LogP contribution in [0, 0.1) is 0 Å². The molecule has 4 nitrogen and oxygen atoms in total. The molecule has 2 rings (SSSR count). The van der Waals surface area contributed by atoms with Gasteiger partial charge in [0, 0.05) is 5.75 Å². The molecule has 0 spiro atoms. The molecule has 1 aliphatic rings.